The molecule has 2 aromatic carbocycles. The van der Waals surface area contributed by atoms with Crippen LogP contribution < -0.4 is 19.7 Å². The van der Waals surface area contributed by atoms with Gasteiger partial charge in [0.2, 0.25) is 0 Å². The number of carbonyl (C=O) groups is 1. The van der Waals surface area contributed by atoms with E-state index in [0.717, 1.165) is 42.9 Å². The topological polar surface area (TPSA) is 52.0 Å². The first-order valence-electron chi connectivity index (χ1n) is 9.49. The molecule has 0 radical (unpaired) electrons. The molecule has 1 unspecified atom stereocenters. The fourth-order valence-electron chi connectivity index (χ4n) is 3.89. The van der Waals surface area contributed by atoms with Gasteiger partial charge in [0.1, 0.15) is 11.9 Å². The van der Waals surface area contributed by atoms with E-state index < -0.39 is 5.82 Å². The molecule has 0 bridgehead atoms. The number of anilines is 1. The zero-order chi connectivity index (χ0) is 18.6. The standard InChI is InChI=1S/C21H23FN2O3/c22-16-5-1-2-6-17(16)23-21(25)14-24-10-3-7-18(24)15-8-9-19-20(13-15)27-12-4-11-26-19/h1-2,5-6,8-9,13,18H,3-4,7,10-12,14H2,(H,23,25)/p+1/t18-/m1/s1. The molecule has 2 N–H and O–H groups in total. The van der Waals surface area contributed by atoms with Gasteiger partial charge >= 0.3 is 0 Å². The number of quaternary nitrogens is 1. The van der Waals surface area contributed by atoms with Gasteiger partial charge in [-0.3, -0.25) is 4.79 Å². The maximum atomic E-state index is 13.8. The first-order chi connectivity index (χ1) is 13.2. The number of benzene rings is 2. The third kappa shape index (κ3) is 4.06. The second-order valence-corrected chi connectivity index (χ2v) is 7.06. The van der Waals surface area contributed by atoms with Gasteiger partial charge in [-0.1, -0.05) is 12.1 Å². The molecule has 0 spiro atoms. The lowest BCUT2D eigenvalue weighted by Crippen LogP contribution is -3.11. The van der Waals surface area contributed by atoms with Crippen molar-refractivity contribution in [3.63, 3.8) is 0 Å². The highest BCUT2D eigenvalue weighted by Gasteiger charge is 2.32. The molecule has 0 saturated carbocycles. The highest BCUT2D eigenvalue weighted by molar-refractivity contribution is 5.91. The molecule has 2 aliphatic rings. The van der Waals surface area contributed by atoms with Crippen molar-refractivity contribution in [1.29, 1.82) is 0 Å². The van der Waals surface area contributed by atoms with Gasteiger partial charge in [0.25, 0.3) is 5.91 Å². The third-order valence-electron chi connectivity index (χ3n) is 5.19. The molecule has 6 heteroatoms. The molecular weight excluding hydrogens is 347 g/mol. The van der Waals surface area contributed by atoms with Gasteiger partial charge < -0.3 is 19.7 Å². The van der Waals surface area contributed by atoms with Crippen LogP contribution in [0, 0.1) is 5.82 Å². The van der Waals surface area contributed by atoms with Crippen molar-refractivity contribution < 1.29 is 23.6 Å². The highest BCUT2D eigenvalue weighted by atomic mass is 19.1. The van der Waals surface area contributed by atoms with Crippen molar-refractivity contribution in [3.8, 4) is 11.5 Å². The third-order valence-corrected chi connectivity index (χ3v) is 5.19. The van der Waals surface area contributed by atoms with Crippen LogP contribution >= 0.6 is 0 Å². The molecule has 0 aliphatic carbocycles. The minimum absolute atomic E-state index is 0.170. The van der Waals surface area contributed by atoms with E-state index in [1.807, 2.05) is 12.1 Å². The van der Waals surface area contributed by atoms with Gasteiger partial charge in [-0.25, -0.2) is 4.39 Å². The van der Waals surface area contributed by atoms with Crippen molar-refractivity contribution in [2.24, 2.45) is 0 Å². The number of likely N-dealkylation sites (tertiary alicyclic amines) is 1. The quantitative estimate of drug-likeness (QED) is 0.868. The molecule has 1 amide bonds. The summed E-state index contributed by atoms with van der Waals surface area (Å²) in [6, 6.07) is 12.6. The Labute approximate surface area is 158 Å². The van der Waals surface area contributed by atoms with Gasteiger partial charge in [-0.2, -0.15) is 0 Å². The summed E-state index contributed by atoms with van der Waals surface area (Å²) in [6.07, 6.45) is 2.95. The lowest BCUT2D eigenvalue weighted by atomic mass is 10.0. The van der Waals surface area contributed by atoms with E-state index in [4.69, 9.17) is 9.47 Å². The number of hydrogen-bond donors (Lipinski definition) is 2. The Bertz CT molecular complexity index is 827. The minimum Gasteiger partial charge on any atom is -0.490 e. The Morgan fingerprint density at radius 2 is 1.93 bits per heavy atom. The molecule has 2 atom stereocenters. The number of amides is 1. The van der Waals surface area contributed by atoms with Crippen LogP contribution in [-0.4, -0.2) is 32.2 Å². The highest BCUT2D eigenvalue weighted by Crippen LogP contribution is 2.33. The predicted molar refractivity (Wildman–Crippen MR) is 99.8 cm³/mol. The molecule has 142 valence electrons. The second-order valence-electron chi connectivity index (χ2n) is 7.06. The van der Waals surface area contributed by atoms with Crippen LogP contribution in [0.3, 0.4) is 0 Å². The van der Waals surface area contributed by atoms with E-state index in [1.54, 1.807) is 18.2 Å². The first-order valence-corrected chi connectivity index (χ1v) is 9.49. The Balaban J connectivity index is 1.45. The summed E-state index contributed by atoms with van der Waals surface area (Å²) in [4.78, 5) is 13.6. The fourth-order valence-corrected chi connectivity index (χ4v) is 3.89. The first kappa shape index (κ1) is 17.8. The van der Waals surface area contributed by atoms with Gasteiger partial charge in [-0.05, 0) is 30.3 Å². The Hall–Kier alpha value is -2.60. The van der Waals surface area contributed by atoms with Crippen molar-refractivity contribution in [3.05, 3.63) is 53.8 Å². The summed E-state index contributed by atoms with van der Waals surface area (Å²) in [5.41, 5.74) is 1.39. The van der Waals surface area contributed by atoms with Crippen LogP contribution in [0.5, 0.6) is 11.5 Å². The summed E-state index contributed by atoms with van der Waals surface area (Å²) >= 11 is 0. The van der Waals surface area contributed by atoms with Gasteiger partial charge in [0.15, 0.2) is 18.0 Å². The van der Waals surface area contributed by atoms with E-state index in [1.165, 1.54) is 11.0 Å². The van der Waals surface area contributed by atoms with Crippen LogP contribution in [0.1, 0.15) is 30.9 Å². The van der Waals surface area contributed by atoms with Gasteiger partial charge in [0, 0.05) is 24.8 Å². The van der Waals surface area contributed by atoms with Crippen molar-refractivity contribution in [2.75, 3.05) is 31.6 Å². The predicted octanol–water partition coefficient (Wildman–Crippen LogP) is 2.35. The monoisotopic (exact) mass is 371 g/mol. The van der Waals surface area contributed by atoms with Crippen LogP contribution in [-0.2, 0) is 4.79 Å². The lowest BCUT2D eigenvalue weighted by Gasteiger charge is -2.22. The van der Waals surface area contributed by atoms with Crippen molar-refractivity contribution in [2.45, 2.75) is 25.3 Å². The summed E-state index contributed by atoms with van der Waals surface area (Å²) in [5.74, 6) is 0.984. The van der Waals surface area contributed by atoms with Gasteiger partial charge in [-0.15, -0.1) is 0 Å². The average Bonchev–Trinajstić information content (AvgIpc) is 2.99. The van der Waals surface area contributed by atoms with Gasteiger partial charge in [0.05, 0.1) is 25.4 Å². The number of para-hydroxylation sites is 1. The molecule has 1 saturated heterocycles. The molecule has 5 nitrogen and oxygen atoms in total. The van der Waals surface area contributed by atoms with E-state index in [-0.39, 0.29) is 17.6 Å². The summed E-state index contributed by atoms with van der Waals surface area (Å²) in [5, 5.41) is 2.69. The minimum atomic E-state index is -0.415. The molecular formula is C21H24FN2O3+. The molecule has 2 heterocycles. The normalized spacial score (nSPS) is 21.5. The zero-order valence-corrected chi connectivity index (χ0v) is 15.2. The summed E-state index contributed by atoms with van der Waals surface area (Å²) in [7, 11) is 0. The number of carbonyl (C=O) groups excluding carboxylic acids is 1. The van der Waals surface area contributed by atoms with Crippen molar-refractivity contribution >= 4 is 11.6 Å². The smallest absolute Gasteiger partial charge is 0.279 e. The van der Waals surface area contributed by atoms with Crippen LogP contribution in [0.4, 0.5) is 10.1 Å². The Kier molecular flexibility index (Phi) is 5.25. The number of fused-ring (bicyclic) bond motifs is 1. The SMILES string of the molecule is O=C(C[NH+]1CCC[C@@H]1c1ccc2c(c1)OCCCO2)Nc1ccccc1F. The molecule has 2 aromatic rings. The van der Waals surface area contributed by atoms with Crippen LogP contribution in [0.25, 0.3) is 0 Å². The Morgan fingerprint density at radius 1 is 1.11 bits per heavy atom. The van der Waals surface area contributed by atoms with Crippen molar-refractivity contribution in [1.82, 2.24) is 0 Å². The molecule has 4 rings (SSSR count). The molecule has 27 heavy (non-hydrogen) atoms. The Morgan fingerprint density at radius 3 is 2.78 bits per heavy atom. The second kappa shape index (κ2) is 7.96. The van der Waals surface area contributed by atoms with E-state index in [9.17, 15) is 9.18 Å². The fraction of sp³-hybridized carbons (Fsp3) is 0.381. The number of hydrogen-bond acceptors (Lipinski definition) is 3. The summed E-state index contributed by atoms with van der Waals surface area (Å²) in [6.45, 7) is 2.56. The average molecular weight is 371 g/mol. The van der Waals surface area contributed by atoms with E-state index in [2.05, 4.69) is 11.4 Å². The summed E-state index contributed by atoms with van der Waals surface area (Å²) < 4.78 is 25.3. The maximum absolute atomic E-state index is 13.8. The number of rotatable bonds is 4. The number of halogens is 1. The van der Waals surface area contributed by atoms with Crippen LogP contribution in [0.15, 0.2) is 42.5 Å². The zero-order valence-electron chi connectivity index (χ0n) is 15.2. The van der Waals surface area contributed by atoms with Crippen LogP contribution in [0.2, 0.25) is 0 Å². The maximum Gasteiger partial charge on any atom is 0.279 e. The van der Waals surface area contributed by atoms with E-state index in [0.29, 0.717) is 19.8 Å². The number of ether oxygens (including phenoxy) is 2. The lowest BCUT2D eigenvalue weighted by molar-refractivity contribution is -0.910. The molecule has 1 fully saturated rings. The van der Waals surface area contributed by atoms with E-state index >= 15 is 0 Å². The molecule has 2 aliphatic heterocycles. The number of nitrogens with one attached hydrogen (secondary N) is 2. The molecule has 0 aromatic heterocycles. The largest absolute Gasteiger partial charge is 0.490 e.